The maximum Gasteiger partial charge on any atom is 0.331 e. The molecule has 104 valence electrons. The molecule has 20 heavy (non-hydrogen) atoms. The highest BCUT2D eigenvalue weighted by atomic mass is 16.2. The van der Waals surface area contributed by atoms with Gasteiger partial charge in [-0.3, -0.25) is 19.8 Å². The number of urea groups is 1. The summed E-state index contributed by atoms with van der Waals surface area (Å²) in [5.74, 6) is -0.301. The number of hydrogen-bond acceptors (Lipinski definition) is 5. The zero-order valence-electron chi connectivity index (χ0n) is 11.0. The lowest BCUT2D eigenvalue weighted by Gasteiger charge is -2.44. The van der Waals surface area contributed by atoms with Gasteiger partial charge in [-0.25, -0.2) is 14.8 Å². The zero-order valence-corrected chi connectivity index (χ0v) is 11.0. The first-order valence-electron chi connectivity index (χ1n) is 6.49. The molecular formula is C13H14N4O3. The number of hydrogen-bond donors (Lipinski definition) is 1. The Morgan fingerprint density at radius 1 is 1.35 bits per heavy atom. The van der Waals surface area contributed by atoms with Crippen LogP contribution in [0.15, 0.2) is 12.3 Å². The molecule has 1 saturated carbocycles. The molecule has 7 heteroatoms. The SMILES string of the molecule is Cc1nccc(CN2C(=O)NC(=O)C3(CCC3)C2=O)n1. The van der Waals surface area contributed by atoms with Gasteiger partial charge < -0.3 is 0 Å². The van der Waals surface area contributed by atoms with E-state index < -0.39 is 23.3 Å². The zero-order chi connectivity index (χ0) is 14.3. The minimum atomic E-state index is -1.03. The van der Waals surface area contributed by atoms with Crippen LogP contribution in [0.2, 0.25) is 0 Å². The molecule has 1 saturated heterocycles. The number of imide groups is 2. The number of nitrogens with one attached hydrogen (secondary N) is 1. The monoisotopic (exact) mass is 274 g/mol. The summed E-state index contributed by atoms with van der Waals surface area (Å²) in [5.41, 5.74) is -0.458. The summed E-state index contributed by atoms with van der Waals surface area (Å²) in [7, 11) is 0. The Morgan fingerprint density at radius 2 is 2.10 bits per heavy atom. The summed E-state index contributed by atoms with van der Waals surface area (Å²) < 4.78 is 0. The third kappa shape index (κ3) is 1.77. The van der Waals surface area contributed by atoms with Crippen molar-refractivity contribution in [3.63, 3.8) is 0 Å². The lowest BCUT2D eigenvalue weighted by molar-refractivity contribution is -0.158. The van der Waals surface area contributed by atoms with E-state index >= 15 is 0 Å². The van der Waals surface area contributed by atoms with Crippen LogP contribution >= 0.6 is 0 Å². The van der Waals surface area contributed by atoms with Crippen LogP contribution in [0, 0.1) is 12.3 Å². The molecule has 3 rings (SSSR count). The second kappa shape index (κ2) is 4.36. The molecule has 2 fully saturated rings. The number of rotatable bonds is 2. The fraction of sp³-hybridized carbons (Fsp3) is 0.462. The second-order valence-electron chi connectivity index (χ2n) is 5.18. The average molecular weight is 274 g/mol. The molecule has 1 aliphatic carbocycles. The predicted molar refractivity (Wildman–Crippen MR) is 67.1 cm³/mol. The highest BCUT2D eigenvalue weighted by Gasteiger charge is 2.57. The van der Waals surface area contributed by atoms with E-state index in [1.54, 1.807) is 19.2 Å². The topological polar surface area (TPSA) is 92.3 Å². The van der Waals surface area contributed by atoms with Gasteiger partial charge in [-0.2, -0.15) is 0 Å². The molecule has 7 nitrogen and oxygen atoms in total. The molecule has 1 spiro atoms. The van der Waals surface area contributed by atoms with Crippen molar-refractivity contribution in [2.45, 2.75) is 32.7 Å². The molecule has 1 N–H and O–H groups in total. The van der Waals surface area contributed by atoms with Gasteiger partial charge >= 0.3 is 6.03 Å². The number of barbiturate groups is 1. The smallest absolute Gasteiger partial charge is 0.277 e. The van der Waals surface area contributed by atoms with E-state index in [0.717, 1.165) is 11.3 Å². The first-order valence-corrected chi connectivity index (χ1v) is 6.49. The number of nitrogens with zero attached hydrogens (tertiary/aromatic N) is 3. The van der Waals surface area contributed by atoms with Crippen molar-refractivity contribution in [2.75, 3.05) is 0 Å². The van der Waals surface area contributed by atoms with Gasteiger partial charge in [-0.1, -0.05) is 6.42 Å². The van der Waals surface area contributed by atoms with Gasteiger partial charge in [-0.15, -0.1) is 0 Å². The van der Waals surface area contributed by atoms with Gasteiger partial charge in [0.05, 0.1) is 12.2 Å². The number of aromatic nitrogens is 2. The number of carbonyl (C=O) groups is 3. The number of aryl methyl sites for hydroxylation is 1. The molecule has 0 aromatic carbocycles. The first-order chi connectivity index (χ1) is 9.53. The Kier molecular flexibility index (Phi) is 2.77. The van der Waals surface area contributed by atoms with Crippen LogP contribution < -0.4 is 5.32 Å². The Bertz CT molecular complexity index is 609. The van der Waals surface area contributed by atoms with Gasteiger partial charge in [-0.05, 0) is 25.8 Å². The molecule has 4 amide bonds. The average Bonchev–Trinajstić information content (AvgIpc) is 2.33. The molecule has 1 aromatic rings. The molecule has 0 unspecified atom stereocenters. The highest BCUT2D eigenvalue weighted by molar-refractivity contribution is 6.19. The second-order valence-corrected chi connectivity index (χ2v) is 5.18. The van der Waals surface area contributed by atoms with E-state index in [9.17, 15) is 14.4 Å². The van der Waals surface area contributed by atoms with E-state index in [1.165, 1.54) is 0 Å². The third-order valence-electron chi connectivity index (χ3n) is 3.92. The molecule has 2 aliphatic rings. The third-order valence-corrected chi connectivity index (χ3v) is 3.92. The van der Waals surface area contributed by atoms with Crippen LogP contribution in [0.1, 0.15) is 30.8 Å². The molecule has 1 aliphatic heterocycles. The van der Waals surface area contributed by atoms with Crippen molar-refractivity contribution in [3.05, 3.63) is 23.8 Å². The Hall–Kier alpha value is -2.31. The summed E-state index contributed by atoms with van der Waals surface area (Å²) in [4.78, 5) is 45.4. The van der Waals surface area contributed by atoms with Crippen LogP contribution in [0.25, 0.3) is 0 Å². The molecule has 0 radical (unpaired) electrons. The fourth-order valence-corrected chi connectivity index (χ4v) is 2.60. The molecule has 0 atom stereocenters. The summed E-state index contributed by atoms with van der Waals surface area (Å²) >= 11 is 0. The minimum absolute atomic E-state index is 0.0586. The summed E-state index contributed by atoms with van der Waals surface area (Å²) in [6, 6.07) is 0.978. The Labute approximate surface area is 115 Å². The van der Waals surface area contributed by atoms with Crippen molar-refractivity contribution in [3.8, 4) is 0 Å². The fourth-order valence-electron chi connectivity index (χ4n) is 2.60. The predicted octanol–water partition coefficient (Wildman–Crippen LogP) is 0.534. The van der Waals surface area contributed by atoms with E-state index in [1.807, 2.05) is 0 Å². The van der Waals surface area contributed by atoms with Gasteiger partial charge in [0, 0.05) is 6.20 Å². The van der Waals surface area contributed by atoms with Gasteiger partial charge in [0.25, 0.3) is 0 Å². The highest BCUT2D eigenvalue weighted by Crippen LogP contribution is 2.44. The Morgan fingerprint density at radius 3 is 2.70 bits per heavy atom. The van der Waals surface area contributed by atoms with Crippen LogP contribution in [-0.2, 0) is 16.1 Å². The lowest BCUT2D eigenvalue weighted by Crippen LogP contribution is -2.65. The first kappa shape index (κ1) is 12.7. The maximum absolute atomic E-state index is 12.4. The van der Waals surface area contributed by atoms with E-state index in [2.05, 4.69) is 15.3 Å². The molecular weight excluding hydrogens is 260 g/mol. The lowest BCUT2D eigenvalue weighted by atomic mass is 9.66. The Balaban J connectivity index is 1.86. The largest absolute Gasteiger partial charge is 0.331 e. The van der Waals surface area contributed by atoms with Crippen molar-refractivity contribution >= 4 is 17.8 Å². The van der Waals surface area contributed by atoms with Gasteiger partial charge in [0.15, 0.2) is 0 Å². The van der Waals surface area contributed by atoms with Gasteiger partial charge in [0.2, 0.25) is 11.8 Å². The standard InChI is InChI=1S/C13H14N4O3/c1-8-14-6-3-9(15-8)7-17-11(19)13(4-2-5-13)10(18)16-12(17)20/h3,6H,2,4-5,7H2,1H3,(H,16,18,20). The van der Waals surface area contributed by atoms with Crippen molar-refractivity contribution in [2.24, 2.45) is 5.41 Å². The summed E-state index contributed by atoms with van der Waals surface area (Å²) in [5, 5.41) is 2.27. The van der Waals surface area contributed by atoms with Crippen molar-refractivity contribution in [1.29, 1.82) is 0 Å². The normalized spacial score (nSPS) is 20.9. The van der Waals surface area contributed by atoms with E-state index in [0.29, 0.717) is 24.4 Å². The quantitative estimate of drug-likeness (QED) is 0.794. The van der Waals surface area contributed by atoms with Crippen molar-refractivity contribution in [1.82, 2.24) is 20.2 Å². The van der Waals surface area contributed by atoms with E-state index in [-0.39, 0.29) is 6.54 Å². The molecule has 1 aromatic heterocycles. The van der Waals surface area contributed by atoms with Crippen LogP contribution in [0.5, 0.6) is 0 Å². The van der Waals surface area contributed by atoms with Gasteiger partial charge in [0.1, 0.15) is 11.2 Å². The maximum atomic E-state index is 12.4. The van der Waals surface area contributed by atoms with Crippen LogP contribution in [0.4, 0.5) is 4.79 Å². The summed E-state index contributed by atoms with van der Waals surface area (Å²) in [6.45, 7) is 1.79. The molecule has 0 bridgehead atoms. The van der Waals surface area contributed by atoms with Crippen molar-refractivity contribution < 1.29 is 14.4 Å². The number of carbonyl (C=O) groups excluding carboxylic acids is 3. The van der Waals surface area contributed by atoms with Crippen LogP contribution in [-0.4, -0.2) is 32.7 Å². The van der Waals surface area contributed by atoms with Crippen LogP contribution in [0.3, 0.4) is 0 Å². The summed E-state index contributed by atoms with van der Waals surface area (Å²) in [6.07, 6.45) is 3.41. The molecule has 2 heterocycles. The van der Waals surface area contributed by atoms with E-state index in [4.69, 9.17) is 0 Å². The number of amides is 4. The minimum Gasteiger partial charge on any atom is -0.277 e.